The molecule has 7 heteroatoms. The van der Waals surface area contributed by atoms with Crippen LogP contribution < -0.4 is 10.6 Å². The summed E-state index contributed by atoms with van der Waals surface area (Å²) in [5, 5.41) is 6.67. The number of unbranched alkanes of at least 4 members (excludes halogenated alkanes) is 1. The molecule has 2 atom stereocenters. The van der Waals surface area contributed by atoms with E-state index >= 15 is 0 Å². The molecule has 2 unspecified atom stereocenters. The Bertz CT molecular complexity index is 589. The van der Waals surface area contributed by atoms with Crippen LogP contribution >= 0.6 is 0 Å². The average Bonchev–Trinajstić information content (AvgIpc) is 2.64. The normalized spacial score (nSPS) is 21.5. The van der Waals surface area contributed by atoms with Crippen molar-refractivity contribution in [3.05, 3.63) is 35.9 Å². The molecule has 158 valence electrons. The second kappa shape index (κ2) is 11.3. The Morgan fingerprint density at radius 2 is 1.96 bits per heavy atom. The number of guanidine groups is 1. The zero-order valence-electron chi connectivity index (χ0n) is 16.9. The van der Waals surface area contributed by atoms with Gasteiger partial charge in [-0.15, -0.1) is 0 Å². The monoisotopic (exact) mass is 398 g/mol. The predicted octanol–water partition coefficient (Wildman–Crippen LogP) is 4.33. The summed E-state index contributed by atoms with van der Waals surface area (Å²) >= 11 is 0. The predicted molar refractivity (Wildman–Crippen MR) is 108 cm³/mol. The first-order valence-corrected chi connectivity index (χ1v) is 10.3. The number of benzene rings is 1. The summed E-state index contributed by atoms with van der Waals surface area (Å²) in [6.45, 7) is 7.36. The molecule has 4 nitrogen and oxygen atoms in total. The number of aliphatic imine (C=N–C) groups is 1. The molecule has 0 spiro atoms. The molecule has 0 saturated carbocycles. The van der Waals surface area contributed by atoms with Crippen LogP contribution in [0.1, 0.15) is 51.5 Å². The van der Waals surface area contributed by atoms with E-state index in [1.807, 2.05) is 13.0 Å². The second-order valence-corrected chi connectivity index (χ2v) is 7.50. The summed E-state index contributed by atoms with van der Waals surface area (Å²) in [7, 11) is 0. The van der Waals surface area contributed by atoms with Gasteiger partial charge in [-0.2, -0.15) is 13.2 Å². The van der Waals surface area contributed by atoms with Crippen molar-refractivity contribution < 1.29 is 13.2 Å². The fraction of sp³-hybridized carbons (Fsp3) is 0.667. The molecule has 0 radical (unpaired) electrons. The van der Waals surface area contributed by atoms with Crippen molar-refractivity contribution in [1.82, 2.24) is 15.5 Å². The number of rotatable bonds is 8. The number of nitrogens with one attached hydrogen (secondary N) is 2. The van der Waals surface area contributed by atoms with Gasteiger partial charge >= 0.3 is 6.18 Å². The highest BCUT2D eigenvalue weighted by Crippen LogP contribution is 2.22. The Labute approximate surface area is 166 Å². The fourth-order valence-electron chi connectivity index (χ4n) is 3.55. The molecule has 2 N–H and O–H groups in total. The quantitative estimate of drug-likeness (QED) is 0.389. The van der Waals surface area contributed by atoms with Gasteiger partial charge in [-0.1, -0.05) is 30.3 Å². The van der Waals surface area contributed by atoms with E-state index in [0.29, 0.717) is 31.0 Å². The molecule has 2 rings (SSSR count). The van der Waals surface area contributed by atoms with Crippen LogP contribution in [-0.4, -0.2) is 48.8 Å². The lowest BCUT2D eigenvalue weighted by Gasteiger charge is -2.38. The first-order chi connectivity index (χ1) is 13.4. The first-order valence-electron chi connectivity index (χ1n) is 10.3. The number of hydrogen-bond acceptors (Lipinski definition) is 2. The van der Waals surface area contributed by atoms with Crippen LogP contribution in [0.15, 0.2) is 35.3 Å². The van der Waals surface area contributed by atoms with Gasteiger partial charge in [0.25, 0.3) is 0 Å². The standard InChI is InChI=1S/C21H33F3N4/c1-3-25-20(26-13-8-7-12-21(22,23)24)27-19-11-14-28(17(2)15-19)16-18-9-5-4-6-10-18/h4-6,9-10,17,19H,3,7-8,11-16H2,1-2H3,(H2,25,26,27). The highest BCUT2D eigenvalue weighted by Gasteiger charge is 2.27. The number of alkyl halides is 3. The van der Waals surface area contributed by atoms with Gasteiger partial charge in [-0.3, -0.25) is 9.89 Å². The number of likely N-dealkylation sites (tertiary alicyclic amines) is 1. The number of nitrogens with zero attached hydrogens (tertiary/aromatic N) is 2. The summed E-state index contributed by atoms with van der Waals surface area (Å²) in [6.07, 6.45) is -2.19. The maximum Gasteiger partial charge on any atom is 0.389 e. The lowest BCUT2D eigenvalue weighted by molar-refractivity contribution is -0.135. The Hall–Kier alpha value is -1.76. The first kappa shape index (κ1) is 22.5. The minimum absolute atomic E-state index is 0.126. The molecule has 1 saturated heterocycles. The van der Waals surface area contributed by atoms with Crippen LogP contribution in [-0.2, 0) is 6.54 Å². The zero-order chi connectivity index (χ0) is 20.4. The van der Waals surface area contributed by atoms with Gasteiger partial charge < -0.3 is 10.6 Å². The molecule has 28 heavy (non-hydrogen) atoms. The summed E-state index contributed by atoms with van der Waals surface area (Å²) in [5.41, 5.74) is 1.33. The molecule has 1 heterocycles. The van der Waals surface area contributed by atoms with Gasteiger partial charge in [-0.05, 0) is 45.1 Å². The summed E-state index contributed by atoms with van der Waals surface area (Å²) < 4.78 is 36.6. The number of hydrogen-bond donors (Lipinski definition) is 2. The Kier molecular flexibility index (Phi) is 9.09. The van der Waals surface area contributed by atoms with Gasteiger partial charge in [0.2, 0.25) is 0 Å². The van der Waals surface area contributed by atoms with E-state index in [0.717, 1.165) is 32.5 Å². The summed E-state index contributed by atoms with van der Waals surface area (Å²) in [4.78, 5) is 6.95. The molecule has 0 bridgehead atoms. The third-order valence-corrected chi connectivity index (χ3v) is 5.07. The van der Waals surface area contributed by atoms with Crippen LogP contribution in [0.25, 0.3) is 0 Å². The van der Waals surface area contributed by atoms with Crippen LogP contribution in [0.4, 0.5) is 13.2 Å². The van der Waals surface area contributed by atoms with Crippen molar-refractivity contribution in [3.63, 3.8) is 0 Å². The maximum atomic E-state index is 12.2. The van der Waals surface area contributed by atoms with Gasteiger partial charge in [0.05, 0.1) is 0 Å². The Morgan fingerprint density at radius 3 is 2.61 bits per heavy atom. The maximum absolute atomic E-state index is 12.2. The second-order valence-electron chi connectivity index (χ2n) is 7.50. The zero-order valence-corrected chi connectivity index (χ0v) is 16.9. The summed E-state index contributed by atoms with van der Waals surface area (Å²) in [6, 6.07) is 11.3. The molecule has 1 fully saturated rings. The molecule has 1 aromatic rings. The van der Waals surface area contributed by atoms with Crippen molar-refractivity contribution in [3.8, 4) is 0 Å². The molecule has 1 aliphatic heterocycles. The van der Waals surface area contributed by atoms with E-state index in [1.54, 1.807) is 0 Å². The smallest absolute Gasteiger partial charge is 0.357 e. The highest BCUT2D eigenvalue weighted by molar-refractivity contribution is 5.80. The van der Waals surface area contributed by atoms with Gasteiger partial charge in [0, 0.05) is 44.7 Å². The average molecular weight is 399 g/mol. The van der Waals surface area contributed by atoms with Crippen LogP contribution in [0, 0.1) is 0 Å². The lowest BCUT2D eigenvalue weighted by atomic mass is 9.97. The molecule has 0 aromatic heterocycles. The molecule has 1 aromatic carbocycles. The third kappa shape index (κ3) is 8.50. The van der Waals surface area contributed by atoms with Gasteiger partial charge in [0.15, 0.2) is 5.96 Å². The van der Waals surface area contributed by atoms with Crippen molar-refractivity contribution in [1.29, 1.82) is 0 Å². The van der Waals surface area contributed by atoms with Crippen molar-refractivity contribution in [2.45, 2.75) is 70.8 Å². The Balaban J connectivity index is 1.77. The minimum atomic E-state index is -4.07. The Morgan fingerprint density at radius 1 is 1.21 bits per heavy atom. The third-order valence-electron chi connectivity index (χ3n) is 5.07. The molecular formula is C21H33F3N4. The van der Waals surface area contributed by atoms with E-state index in [-0.39, 0.29) is 6.42 Å². The SMILES string of the molecule is CCNC(=NCCCCC(F)(F)F)NC1CCN(Cc2ccccc2)C(C)C1. The topological polar surface area (TPSA) is 39.7 Å². The van der Waals surface area contributed by atoms with Crippen molar-refractivity contribution in [2.24, 2.45) is 4.99 Å². The van der Waals surface area contributed by atoms with E-state index in [2.05, 4.69) is 51.7 Å². The highest BCUT2D eigenvalue weighted by atomic mass is 19.4. The van der Waals surface area contributed by atoms with E-state index < -0.39 is 12.6 Å². The molecule has 1 aliphatic rings. The number of halogens is 3. The van der Waals surface area contributed by atoms with Gasteiger partial charge in [-0.25, -0.2) is 0 Å². The van der Waals surface area contributed by atoms with E-state index in [4.69, 9.17) is 0 Å². The number of piperidine rings is 1. The van der Waals surface area contributed by atoms with Gasteiger partial charge in [0.1, 0.15) is 0 Å². The van der Waals surface area contributed by atoms with Crippen LogP contribution in [0.5, 0.6) is 0 Å². The van der Waals surface area contributed by atoms with E-state index in [1.165, 1.54) is 5.56 Å². The van der Waals surface area contributed by atoms with E-state index in [9.17, 15) is 13.2 Å². The molecular weight excluding hydrogens is 365 g/mol. The van der Waals surface area contributed by atoms with Crippen LogP contribution in [0.2, 0.25) is 0 Å². The minimum Gasteiger partial charge on any atom is -0.357 e. The molecule has 0 aliphatic carbocycles. The van der Waals surface area contributed by atoms with Crippen molar-refractivity contribution in [2.75, 3.05) is 19.6 Å². The summed E-state index contributed by atoms with van der Waals surface area (Å²) in [5.74, 6) is 0.711. The lowest BCUT2D eigenvalue weighted by Crippen LogP contribution is -2.51. The molecule has 0 amide bonds. The van der Waals surface area contributed by atoms with Crippen molar-refractivity contribution >= 4 is 5.96 Å². The fourth-order valence-corrected chi connectivity index (χ4v) is 3.55. The largest absolute Gasteiger partial charge is 0.389 e. The van der Waals surface area contributed by atoms with Crippen LogP contribution in [0.3, 0.4) is 0 Å².